The van der Waals surface area contributed by atoms with Crippen molar-refractivity contribution in [1.29, 1.82) is 0 Å². The summed E-state index contributed by atoms with van der Waals surface area (Å²) in [6, 6.07) is 6.31. The van der Waals surface area contributed by atoms with Gasteiger partial charge in [-0.1, -0.05) is 13.0 Å². The van der Waals surface area contributed by atoms with Crippen LogP contribution in [0.25, 0.3) is 0 Å². The average molecular weight is 220 g/mol. The summed E-state index contributed by atoms with van der Waals surface area (Å²) in [5.41, 5.74) is 1.01. The second kappa shape index (κ2) is 6.82. The first kappa shape index (κ1) is 12.5. The molecule has 0 bridgehead atoms. The van der Waals surface area contributed by atoms with Crippen molar-refractivity contribution in [3.05, 3.63) is 30.1 Å². The second-order valence-electron chi connectivity index (χ2n) is 3.70. The topological polar surface area (TPSA) is 49.3 Å². The molecular formula is C12H20N4. The smallest absolute Gasteiger partial charge is 0.191 e. The molecule has 0 saturated carbocycles. The molecule has 1 aromatic rings. The van der Waals surface area contributed by atoms with E-state index in [1.807, 2.05) is 18.2 Å². The second-order valence-corrected chi connectivity index (χ2v) is 3.70. The molecule has 0 radical (unpaired) electrons. The minimum absolute atomic E-state index is 0.426. The van der Waals surface area contributed by atoms with E-state index in [9.17, 15) is 0 Å². The van der Waals surface area contributed by atoms with Gasteiger partial charge in [-0.2, -0.15) is 0 Å². The molecule has 0 aliphatic heterocycles. The number of nitrogens with one attached hydrogen (secondary N) is 2. The van der Waals surface area contributed by atoms with Crippen molar-refractivity contribution in [2.75, 3.05) is 7.05 Å². The number of aliphatic imine (C=N–C) groups is 1. The van der Waals surface area contributed by atoms with Crippen LogP contribution in [0.1, 0.15) is 26.0 Å². The highest BCUT2D eigenvalue weighted by Gasteiger charge is 2.02. The van der Waals surface area contributed by atoms with E-state index in [1.165, 1.54) is 0 Å². The van der Waals surface area contributed by atoms with E-state index in [0.29, 0.717) is 12.6 Å². The number of guanidine groups is 1. The Morgan fingerprint density at radius 1 is 1.50 bits per heavy atom. The number of hydrogen-bond donors (Lipinski definition) is 2. The first-order valence-electron chi connectivity index (χ1n) is 5.63. The highest BCUT2D eigenvalue weighted by atomic mass is 15.2. The lowest BCUT2D eigenvalue weighted by atomic mass is 10.3. The highest BCUT2D eigenvalue weighted by Crippen LogP contribution is 1.92. The third-order valence-electron chi connectivity index (χ3n) is 2.38. The van der Waals surface area contributed by atoms with Gasteiger partial charge < -0.3 is 10.6 Å². The summed E-state index contributed by atoms with van der Waals surface area (Å²) in [5.74, 6) is 0.819. The molecule has 2 N–H and O–H groups in total. The molecule has 1 atom stereocenters. The van der Waals surface area contributed by atoms with Crippen LogP contribution in [0.5, 0.6) is 0 Å². The van der Waals surface area contributed by atoms with Gasteiger partial charge in [0.2, 0.25) is 0 Å². The number of hydrogen-bond acceptors (Lipinski definition) is 2. The van der Waals surface area contributed by atoms with Crippen LogP contribution in [-0.4, -0.2) is 24.0 Å². The zero-order valence-corrected chi connectivity index (χ0v) is 10.2. The average Bonchev–Trinajstić information content (AvgIpc) is 2.35. The van der Waals surface area contributed by atoms with E-state index in [-0.39, 0.29) is 0 Å². The van der Waals surface area contributed by atoms with Gasteiger partial charge in [-0.05, 0) is 25.5 Å². The SMILES string of the molecule is CCC(C)NC(=NC)NCc1ccccn1. The van der Waals surface area contributed by atoms with E-state index in [0.717, 1.165) is 18.1 Å². The van der Waals surface area contributed by atoms with Crippen LogP contribution in [0.3, 0.4) is 0 Å². The lowest BCUT2D eigenvalue weighted by Crippen LogP contribution is -2.41. The first-order valence-corrected chi connectivity index (χ1v) is 5.63. The zero-order chi connectivity index (χ0) is 11.8. The van der Waals surface area contributed by atoms with Crippen LogP contribution in [-0.2, 0) is 6.54 Å². The summed E-state index contributed by atoms with van der Waals surface area (Å²) in [6.45, 7) is 4.97. The molecule has 0 aliphatic rings. The number of rotatable bonds is 4. The maximum atomic E-state index is 4.24. The van der Waals surface area contributed by atoms with E-state index in [1.54, 1.807) is 13.2 Å². The summed E-state index contributed by atoms with van der Waals surface area (Å²) in [4.78, 5) is 8.40. The lowest BCUT2D eigenvalue weighted by Gasteiger charge is -2.16. The van der Waals surface area contributed by atoms with Crippen LogP contribution in [0, 0.1) is 0 Å². The first-order chi connectivity index (χ1) is 7.76. The van der Waals surface area contributed by atoms with Crippen molar-refractivity contribution >= 4 is 5.96 Å². The summed E-state index contributed by atoms with van der Waals surface area (Å²) in [5, 5.41) is 6.52. The van der Waals surface area contributed by atoms with Crippen LogP contribution in [0.2, 0.25) is 0 Å². The molecule has 4 nitrogen and oxygen atoms in total. The molecule has 1 heterocycles. The summed E-state index contributed by atoms with van der Waals surface area (Å²) >= 11 is 0. The number of aromatic nitrogens is 1. The number of pyridine rings is 1. The summed E-state index contributed by atoms with van der Waals surface area (Å²) < 4.78 is 0. The molecule has 1 rings (SSSR count). The molecule has 88 valence electrons. The fourth-order valence-electron chi connectivity index (χ4n) is 1.21. The Hall–Kier alpha value is -1.58. The van der Waals surface area contributed by atoms with Gasteiger partial charge in [-0.3, -0.25) is 9.98 Å². The van der Waals surface area contributed by atoms with Crippen molar-refractivity contribution in [2.45, 2.75) is 32.9 Å². The van der Waals surface area contributed by atoms with Gasteiger partial charge in [-0.25, -0.2) is 0 Å². The van der Waals surface area contributed by atoms with E-state index in [2.05, 4.69) is 34.5 Å². The standard InChI is InChI=1S/C12H20N4/c1-4-10(2)16-12(13-3)15-9-11-7-5-6-8-14-11/h5-8,10H,4,9H2,1-3H3,(H2,13,15,16). The maximum Gasteiger partial charge on any atom is 0.191 e. The Bertz CT molecular complexity index is 321. The van der Waals surface area contributed by atoms with Gasteiger partial charge in [-0.15, -0.1) is 0 Å². The molecular weight excluding hydrogens is 200 g/mol. The summed E-state index contributed by atoms with van der Waals surface area (Å²) in [7, 11) is 1.77. The Balaban J connectivity index is 2.41. The van der Waals surface area contributed by atoms with Crippen LogP contribution < -0.4 is 10.6 Å². The van der Waals surface area contributed by atoms with Crippen molar-refractivity contribution < 1.29 is 0 Å². The molecule has 16 heavy (non-hydrogen) atoms. The third kappa shape index (κ3) is 4.29. The van der Waals surface area contributed by atoms with Gasteiger partial charge in [0.15, 0.2) is 5.96 Å². The molecule has 0 fully saturated rings. The molecule has 1 aromatic heterocycles. The minimum Gasteiger partial charge on any atom is -0.354 e. The Morgan fingerprint density at radius 2 is 2.31 bits per heavy atom. The van der Waals surface area contributed by atoms with Crippen LogP contribution in [0.4, 0.5) is 0 Å². The fraction of sp³-hybridized carbons (Fsp3) is 0.500. The van der Waals surface area contributed by atoms with Crippen molar-refractivity contribution in [1.82, 2.24) is 15.6 Å². The molecule has 0 aromatic carbocycles. The van der Waals surface area contributed by atoms with Crippen molar-refractivity contribution in [3.63, 3.8) is 0 Å². The molecule has 0 amide bonds. The molecule has 4 heteroatoms. The molecule has 1 unspecified atom stereocenters. The predicted octanol–water partition coefficient (Wildman–Crippen LogP) is 1.55. The highest BCUT2D eigenvalue weighted by molar-refractivity contribution is 5.79. The lowest BCUT2D eigenvalue weighted by molar-refractivity contribution is 0.623. The molecule has 0 saturated heterocycles. The van der Waals surface area contributed by atoms with Crippen LogP contribution in [0.15, 0.2) is 29.4 Å². The van der Waals surface area contributed by atoms with Gasteiger partial charge in [0.25, 0.3) is 0 Å². The van der Waals surface area contributed by atoms with E-state index < -0.39 is 0 Å². The quantitative estimate of drug-likeness (QED) is 0.598. The van der Waals surface area contributed by atoms with Crippen molar-refractivity contribution in [3.8, 4) is 0 Å². The Kier molecular flexibility index (Phi) is 5.32. The molecule has 0 aliphatic carbocycles. The van der Waals surface area contributed by atoms with Gasteiger partial charge in [0.1, 0.15) is 0 Å². The van der Waals surface area contributed by atoms with E-state index in [4.69, 9.17) is 0 Å². The van der Waals surface area contributed by atoms with Gasteiger partial charge >= 0.3 is 0 Å². The zero-order valence-electron chi connectivity index (χ0n) is 10.2. The van der Waals surface area contributed by atoms with Crippen molar-refractivity contribution in [2.24, 2.45) is 4.99 Å². The van der Waals surface area contributed by atoms with E-state index >= 15 is 0 Å². The maximum absolute atomic E-state index is 4.24. The minimum atomic E-state index is 0.426. The monoisotopic (exact) mass is 220 g/mol. The molecule has 0 spiro atoms. The number of nitrogens with zero attached hydrogens (tertiary/aromatic N) is 2. The largest absolute Gasteiger partial charge is 0.354 e. The summed E-state index contributed by atoms with van der Waals surface area (Å²) in [6.07, 6.45) is 2.87. The van der Waals surface area contributed by atoms with Gasteiger partial charge in [0.05, 0.1) is 12.2 Å². The fourth-order valence-corrected chi connectivity index (χ4v) is 1.21. The Morgan fingerprint density at radius 3 is 2.88 bits per heavy atom. The van der Waals surface area contributed by atoms with Crippen LogP contribution >= 0.6 is 0 Å². The van der Waals surface area contributed by atoms with Gasteiger partial charge in [0, 0.05) is 19.3 Å². The third-order valence-corrected chi connectivity index (χ3v) is 2.38. The predicted molar refractivity (Wildman–Crippen MR) is 67.3 cm³/mol. The normalized spacial score (nSPS) is 13.3. The Labute approximate surface area is 97.2 Å².